The summed E-state index contributed by atoms with van der Waals surface area (Å²) < 4.78 is 16.3. The van der Waals surface area contributed by atoms with Crippen molar-refractivity contribution in [2.45, 2.75) is 6.42 Å². The summed E-state index contributed by atoms with van der Waals surface area (Å²) in [5, 5.41) is 0.378. The summed E-state index contributed by atoms with van der Waals surface area (Å²) in [4.78, 5) is 24.6. The number of hydrogen-bond donors (Lipinski definition) is 0. The molecule has 3 rings (SSSR count). The van der Waals surface area contributed by atoms with Crippen LogP contribution in [0.5, 0.6) is 11.5 Å². The molecule has 0 aliphatic rings. The number of benzene rings is 2. The average molecular weight is 324 g/mol. The van der Waals surface area contributed by atoms with Gasteiger partial charge in [-0.3, -0.25) is 9.59 Å². The van der Waals surface area contributed by atoms with Gasteiger partial charge in [-0.2, -0.15) is 0 Å². The number of ether oxygens (including phenoxy) is 2. The van der Waals surface area contributed by atoms with Crippen LogP contribution in [-0.4, -0.2) is 20.0 Å². The van der Waals surface area contributed by atoms with E-state index in [1.54, 1.807) is 36.4 Å². The summed E-state index contributed by atoms with van der Waals surface area (Å²) in [6, 6.07) is 13.5. The zero-order valence-electron chi connectivity index (χ0n) is 13.4. The van der Waals surface area contributed by atoms with Crippen LogP contribution in [0.1, 0.15) is 16.1 Å². The van der Waals surface area contributed by atoms with E-state index in [2.05, 4.69) is 0 Å². The van der Waals surface area contributed by atoms with Crippen molar-refractivity contribution < 1.29 is 18.7 Å². The molecule has 1 aromatic heterocycles. The number of ketones is 1. The van der Waals surface area contributed by atoms with Crippen LogP contribution in [0.15, 0.2) is 57.7 Å². The van der Waals surface area contributed by atoms with Crippen molar-refractivity contribution >= 4 is 16.8 Å². The van der Waals surface area contributed by atoms with Crippen LogP contribution in [0.3, 0.4) is 0 Å². The first-order valence-electron chi connectivity index (χ1n) is 7.40. The number of methoxy groups -OCH3 is 2. The molecule has 5 heteroatoms. The first-order valence-corrected chi connectivity index (χ1v) is 7.40. The highest BCUT2D eigenvalue weighted by Crippen LogP contribution is 2.34. The number of Topliss-reactive ketones (excluding diaryl/α,β-unsaturated/α-hetero) is 1. The molecular weight excluding hydrogens is 308 g/mol. The van der Waals surface area contributed by atoms with Gasteiger partial charge < -0.3 is 13.9 Å². The van der Waals surface area contributed by atoms with E-state index < -0.39 is 0 Å². The van der Waals surface area contributed by atoms with Gasteiger partial charge in [-0.25, -0.2) is 0 Å². The maximum Gasteiger partial charge on any atom is 0.204 e. The normalized spacial score (nSPS) is 10.6. The molecule has 1 heterocycles. The van der Waals surface area contributed by atoms with Crippen molar-refractivity contribution in [2.24, 2.45) is 0 Å². The van der Waals surface area contributed by atoms with E-state index >= 15 is 0 Å². The molecule has 0 atom stereocenters. The molecular formula is C19H16O5. The summed E-state index contributed by atoms with van der Waals surface area (Å²) in [7, 11) is 2.98. The zero-order chi connectivity index (χ0) is 17.1. The standard InChI is InChI=1S/C19H16O5/c1-22-17-9-8-14-16(21)11-13(24-18(14)19(17)23-2)10-15(20)12-6-4-3-5-7-12/h3-9,11H,10H2,1-2H3. The van der Waals surface area contributed by atoms with Crippen LogP contribution < -0.4 is 14.9 Å². The molecule has 24 heavy (non-hydrogen) atoms. The van der Waals surface area contributed by atoms with Crippen LogP contribution in [0.4, 0.5) is 0 Å². The molecule has 0 N–H and O–H groups in total. The molecule has 122 valence electrons. The minimum absolute atomic E-state index is 0.00441. The van der Waals surface area contributed by atoms with Gasteiger partial charge in [-0.1, -0.05) is 30.3 Å². The first kappa shape index (κ1) is 15.8. The minimum atomic E-state index is -0.229. The average Bonchev–Trinajstić information content (AvgIpc) is 2.61. The topological polar surface area (TPSA) is 65.7 Å². The molecule has 0 saturated carbocycles. The Hall–Kier alpha value is -3.08. The van der Waals surface area contributed by atoms with Crippen molar-refractivity contribution in [3.63, 3.8) is 0 Å². The van der Waals surface area contributed by atoms with E-state index in [9.17, 15) is 9.59 Å². The third kappa shape index (κ3) is 2.88. The molecule has 0 amide bonds. The number of carbonyl (C=O) groups is 1. The minimum Gasteiger partial charge on any atom is -0.493 e. The summed E-state index contributed by atoms with van der Waals surface area (Å²) in [6.07, 6.45) is -0.00441. The predicted molar refractivity (Wildman–Crippen MR) is 90.1 cm³/mol. The number of rotatable bonds is 5. The molecule has 2 aromatic carbocycles. The molecule has 0 bridgehead atoms. The van der Waals surface area contributed by atoms with E-state index in [4.69, 9.17) is 13.9 Å². The Morgan fingerprint density at radius 3 is 2.46 bits per heavy atom. The Bertz CT molecular complexity index is 941. The van der Waals surface area contributed by atoms with Gasteiger partial charge in [0.15, 0.2) is 22.5 Å². The van der Waals surface area contributed by atoms with Crippen molar-refractivity contribution in [3.05, 3.63) is 70.1 Å². The quantitative estimate of drug-likeness (QED) is 0.674. The fourth-order valence-corrected chi connectivity index (χ4v) is 2.55. The van der Waals surface area contributed by atoms with Crippen LogP contribution in [0, 0.1) is 0 Å². The molecule has 0 aliphatic carbocycles. The van der Waals surface area contributed by atoms with Gasteiger partial charge in [0.05, 0.1) is 26.0 Å². The maximum absolute atomic E-state index is 12.3. The zero-order valence-corrected chi connectivity index (χ0v) is 13.4. The van der Waals surface area contributed by atoms with Gasteiger partial charge in [0.1, 0.15) is 5.76 Å². The Balaban J connectivity index is 2.06. The van der Waals surface area contributed by atoms with Crippen LogP contribution in [0.2, 0.25) is 0 Å². The highest BCUT2D eigenvalue weighted by atomic mass is 16.5. The second-order valence-electron chi connectivity index (χ2n) is 5.22. The van der Waals surface area contributed by atoms with Gasteiger partial charge in [0.2, 0.25) is 5.75 Å². The van der Waals surface area contributed by atoms with Crippen LogP contribution in [0.25, 0.3) is 11.0 Å². The number of fused-ring (bicyclic) bond motifs is 1. The lowest BCUT2D eigenvalue weighted by Gasteiger charge is -2.10. The number of carbonyl (C=O) groups excluding carboxylic acids is 1. The summed E-state index contributed by atoms with van der Waals surface area (Å²) in [5.74, 6) is 0.952. The highest BCUT2D eigenvalue weighted by Gasteiger charge is 2.16. The SMILES string of the molecule is COc1ccc2c(=O)cc(CC(=O)c3ccccc3)oc2c1OC. The predicted octanol–water partition coefficient (Wildman–Crippen LogP) is 3.24. The monoisotopic (exact) mass is 324 g/mol. The molecule has 0 unspecified atom stereocenters. The lowest BCUT2D eigenvalue weighted by atomic mass is 10.1. The third-order valence-electron chi connectivity index (χ3n) is 3.72. The van der Waals surface area contributed by atoms with Crippen molar-refractivity contribution in [1.29, 1.82) is 0 Å². The van der Waals surface area contributed by atoms with E-state index in [1.807, 2.05) is 6.07 Å². The van der Waals surface area contributed by atoms with Gasteiger partial charge in [-0.05, 0) is 12.1 Å². The molecule has 0 saturated heterocycles. The Labute approximate surface area is 138 Å². The van der Waals surface area contributed by atoms with Gasteiger partial charge >= 0.3 is 0 Å². The Morgan fingerprint density at radius 2 is 1.79 bits per heavy atom. The summed E-state index contributed by atoms with van der Waals surface area (Å²) >= 11 is 0. The van der Waals surface area contributed by atoms with Gasteiger partial charge in [0, 0.05) is 11.6 Å². The lowest BCUT2D eigenvalue weighted by molar-refractivity contribution is 0.0987. The maximum atomic E-state index is 12.3. The van der Waals surface area contributed by atoms with Crippen molar-refractivity contribution in [2.75, 3.05) is 14.2 Å². The fraction of sp³-hybridized carbons (Fsp3) is 0.158. The summed E-state index contributed by atoms with van der Waals surface area (Å²) in [6.45, 7) is 0. The van der Waals surface area contributed by atoms with E-state index in [-0.39, 0.29) is 29.0 Å². The first-order chi connectivity index (χ1) is 11.6. The van der Waals surface area contributed by atoms with Gasteiger partial charge in [-0.15, -0.1) is 0 Å². The van der Waals surface area contributed by atoms with E-state index in [1.165, 1.54) is 20.3 Å². The lowest BCUT2D eigenvalue weighted by Crippen LogP contribution is -2.08. The van der Waals surface area contributed by atoms with E-state index in [0.717, 1.165) is 0 Å². The highest BCUT2D eigenvalue weighted by molar-refractivity contribution is 5.97. The van der Waals surface area contributed by atoms with Crippen molar-refractivity contribution in [3.8, 4) is 11.5 Å². The summed E-state index contributed by atoms with van der Waals surface area (Å²) in [5.41, 5.74) is 0.617. The molecule has 3 aromatic rings. The molecule has 0 aliphatic heterocycles. The van der Waals surface area contributed by atoms with Crippen molar-refractivity contribution in [1.82, 2.24) is 0 Å². The Kier molecular flexibility index (Phi) is 4.33. The number of hydrogen-bond acceptors (Lipinski definition) is 5. The molecule has 0 fully saturated rings. The fourth-order valence-electron chi connectivity index (χ4n) is 2.55. The largest absolute Gasteiger partial charge is 0.493 e. The smallest absolute Gasteiger partial charge is 0.204 e. The molecule has 0 radical (unpaired) electrons. The Morgan fingerprint density at radius 1 is 1.04 bits per heavy atom. The van der Waals surface area contributed by atoms with E-state index in [0.29, 0.717) is 22.4 Å². The second kappa shape index (κ2) is 6.58. The van der Waals surface area contributed by atoms with Gasteiger partial charge in [0.25, 0.3) is 0 Å². The molecule has 5 nitrogen and oxygen atoms in total. The molecule has 0 spiro atoms. The second-order valence-corrected chi connectivity index (χ2v) is 5.22. The van der Waals surface area contributed by atoms with Crippen LogP contribution in [-0.2, 0) is 6.42 Å². The third-order valence-corrected chi connectivity index (χ3v) is 3.72. The van der Waals surface area contributed by atoms with Crippen LogP contribution >= 0.6 is 0 Å².